The van der Waals surface area contributed by atoms with Crippen molar-refractivity contribution in [3.63, 3.8) is 0 Å². The van der Waals surface area contributed by atoms with E-state index >= 15 is 0 Å². The van der Waals surface area contributed by atoms with E-state index in [1.165, 1.54) is 0 Å². The van der Waals surface area contributed by atoms with Gasteiger partial charge in [0.1, 0.15) is 0 Å². The van der Waals surface area contributed by atoms with Crippen LogP contribution in [0.4, 0.5) is 11.8 Å². The predicted octanol–water partition coefficient (Wildman–Crippen LogP) is 1.58. The molecular formula is C21H34N8O2. The van der Waals surface area contributed by atoms with E-state index in [2.05, 4.69) is 38.9 Å². The molecule has 0 radical (unpaired) electrons. The van der Waals surface area contributed by atoms with Crippen LogP contribution in [0.5, 0.6) is 0 Å². The van der Waals surface area contributed by atoms with Crippen molar-refractivity contribution in [1.29, 1.82) is 0 Å². The molecule has 4 heterocycles. The van der Waals surface area contributed by atoms with Crippen LogP contribution in [0.2, 0.25) is 0 Å². The van der Waals surface area contributed by atoms with Crippen molar-refractivity contribution in [2.24, 2.45) is 0 Å². The fraction of sp³-hybridized carbons (Fsp3) is 0.714. The van der Waals surface area contributed by atoms with Gasteiger partial charge in [-0.25, -0.2) is 4.98 Å². The van der Waals surface area contributed by atoms with E-state index in [1.807, 2.05) is 11.2 Å². The highest BCUT2D eigenvalue weighted by Crippen LogP contribution is 2.23. The van der Waals surface area contributed by atoms with Crippen molar-refractivity contribution in [1.82, 2.24) is 29.3 Å². The molecule has 10 nitrogen and oxygen atoms in total. The first-order valence-corrected chi connectivity index (χ1v) is 11.4. The number of hydrogen-bond acceptors (Lipinski definition) is 8. The lowest BCUT2D eigenvalue weighted by atomic mass is 10.3. The van der Waals surface area contributed by atoms with Crippen LogP contribution in [0.25, 0.3) is 11.2 Å². The molecule has 31 heavy (non-hydrogen) atoms. The van der Waals surface area contributed by atoms with E-state index in [0.717, 1.165) is 88.9 Å². The first-order valence-electron chi connectivity index (χ1n) is 11.4. The highest BCUT2D eigenvalue weighted by molar-refractivity contribution is 5.84. The van der Waals surface area contributed by atoms with E-state index in [0.29, 0.717) is 12.4 Å². The molecule has 2 aromatic rings. The van der Waals surface area contributed by atoms with E-state index in [4.69, 9.17) is 14.7 Å². The molecule has 0 spiro atoms. The molecule has 0 atom stereocenters. The maximum atomic E-state index is 11.8. The van der Waals surface area contributed by atoms with E-state index < -0.39 is 0 Å². The van der Waals surface area contributed by atoms with Crippen molar-refractivity contribution < 1.29 is 9.53 Å². The molecule has 0 aliphatic carbocycles. The number of carbonyl (C=O) groups excluding carboxylic acids is 1. The number of carbonyl (C=O) groups is 1. The summed E-state index contributed by atoms with van der Waals surface area (Å²) in [5.41, 5.74) is 1.62. The Bertz CT molecular complexity index is 878. The molecule has 170 valence electrons. The number of morpholine rings is 1. The molecule has 0 unspecified atom stereocenters. The predicted molar refractivity (Wildman–Crippen MR) is 120 cm³/mol. The average Bonchev–Trinajstić information content (AvgIpc) is 3.38. The van der Waals surface area contributed by atoms with Gasteiger partial charge in [0.15, 0.2) is 17.0 Å². The average molecular weight is 431 g/mol. The van der Waals surface area contributed by atoms with Crippen LogP contribution < -0.4 is 10.6 Å². The van der Waals surface area contributed by atoms with Gasteiger partial charge in [0.05, 0.1) is 19.5 Å². The highest BCUT2D eigenvalue weighted by Gasteiger charge is 2.19. The topological polar surface area (TPSA) is 100 Å². The summed E-state index contributed by atoms with van der Waals surface area (Å²) in [4.78, 5) is 30.1. The van der Waals surface area contributed by atoms with Crippen LogP contribution in [0.3, 0.4) is 0 Å². The molecule has 2 saturated heterocycles. The van der Waals surface area contributed by atoms with Gasteiger partial charge in [-0.1, -0.05) is 0 Å². The van der Waals surface area contributed by atoms with Crippen LogP contribution >= 0.6 is 0 Å². The first-order chi connectivity index (χ1) is 15.1. The number of hydrogen-bond donors (Lipinski definition) is 2. The summed E-state index contributed by atoms with van der Waals surface area (Å²) < 4.78 is 7.49. The van der Waals surface area contributed by atoms with E-state index in [-0.39, 0.29) is 11.9 Å². The number of anilines is 2. The summed E-state index contributed by atoms with van der Waals surface area (Å²) in [5.74, 6) is 1.62. The minimum atomic E-state index is 0.259. The lowest BCUT2D eigenvalue weighted by Gasteiger charge is -2.26. The van der Waals surface area contributed by atoms with Crippen molar-refractivity contribution in [3.05, 3.63) is 6.33 Å². The number of fused-ring (bicyclic) bond motifs is 1. The number of amides is 1. The Morgan fingerprint density at radius 3 is 2.68 bits per heavy atom. The maximum Gasteiger partial charge on any atom is 0.226 e. The minimum absolute atomic E-state index is 0.259. The molecule has 2 fully saturated rings. The SMILES string of the molecule is CC(C)n1cnc2c(NCCN3CCOCC3)nc(NCCCN3CCCC3=O)nc21. The molecule has 0 aromatic carbocycles. The molecule has 2 aliphatic rings. The van der Waals surface area contributed by atoms with Gasteiger partial charge < -0.3 is 24.8 Å². The largest absolute Gasteiger partial charge is 0.379 e. The Morgan fingerprint density at radius 2 is 1.94 bits per heavy atom. The van der Waals surface area contributed by atoms with Gasteiger partial charge in [-0.15, -0.1) is 0 Å². The number of nitrogens with one attached hydrogen (secondary N) is 2. The van der Waals surface area contributed by atoms with Gasteiger partial charge in [-0.3, -0.25) is 9.69 Å². The van der Waals surface area contributed by atoms with Crippen molar-refractivity contribution in [2.75, 3.05) is 69.7 Å². The number of rotatable bonds is 10. The fourth-order valence-electron chi connectivity index (χ4n) is 4.06. The number of imidazole rings is 1. The summed E-state index contributed by atoms with van der Waals surface area (Å²) in [7, 11) is 0. The zero-order chi connectivity index (χ0) is 21.6. The smallest absolute Gasteiger partial charge is 0.226 e. The lowest BCUT2D eigenvalue weighted by Crippen LogP contribution is -2.39. The Labute approximate surface area is 183 Å². The van der Waals surface area contributed by atoms with Gasteiger partial charge >= 0.3 is 0 Å². The normalized spacial score (nSPS) is 17.8. The Morgan fingerprint density at radius 1 is 1.10 bits per heavy atom. The van der Waals surface area contributed by atoms with E-state index in [1.54, 1.807) is 0 Å². The quantitative estimate of drug-likeness (QED) is 0.548. The van der Waals surface area contributed by atoms with Crippen molar-refractivity contribution in [2.45, 2.75) is 39.2 Å². The summed E-state index contributed by atoms with van der Waals surface area (Å²) >= 11 is 0. The zero-order valence-electron chi connectivity index (χ0n) is 18.6. The van der Waals surface area contributed by atoms with Crippen LogP contribution in [-0.2, 0) is 9.53 Å². The van der Waals surface area contributed by atoms with Crippen molar-refractivity contribution >= 4 is 28.8 Å². The monoisotopic (exact) mass is 430 g/mol. The third kappa shape index (κ3) is 5.43. The van der Waals surface area contributed by atoms with Crippen LogP contribution in [0, 0.1) is 0 Å². The molecule has 4 rings (SSSR count). The molecule has 2 aliphatic heterocycles. The van der Waals surface area contributed by atoms with Gasteiger partial charge in [0, 0.05) is 58.3 Å². The Kier molecular flexibility index (Phi) is 7.18. The number of aromatic nitrogens is 4. The summed E-state index contributed by atoms with van der Waals surface area (Å²) in [5, 5.41) is 6.81. The molecular weight excluding hydrogens is 396 g/mol. The highest BCUT2D eigenvalue weighted by atomic mass is 16.5. The molecule has 10 heteroatoms. The second-order valence-corrected chi connectivity index (χ2v) is 8.46. The molecule has 0 saturated carbocycles. The van der Waals surface area contributed by atoms with Crippen LogP contribution in [-0.4, -0.2) is 94.3 Å². The third-order valence-corrected chi connectivity index (χ3v) is 5.86. The molecule has 0 bridgehead atoms. The summed E-state index contributed by atoms with van der Waals surface area (Å²) in [6.07, 6.45) is 4.37. The number of nitrogens with zero attached hydrogens (tertiary/aromatic N) is 6. The molecule has 2 N–H and O–H groups in total. The Balaban J connectivity index is 1.40. The van der Waals surface area contributed by atoms with E-state index in [9.17, 15) is 4.79 Å². The summed E-state index contributed by atoms with van der Waals surface area (Å²) in [6.45, 7) is 11.9. The fourth-order valence-corrected chi connectivity index (χ4v) is 4.06. The standard InChI is InChI=1S/C21H34N8O2/c1-16(2)29-15-24-18-19(22-7-10-27-11-13-31-14-12-27)25-21(26-20(18)29)23-6-4-9-28-8-3-5-17(28)30/h15-16H,3-14H2,1-2H3,(H2,22,23,25,26). The van der Waals surface area contributed by atoms with Gasteiger partial charge in [-0.05, 0) is 26.7 Å². The summed E-state index contributed by atoms with van der Waals surface area (Å²) in [6, 6.07) is 0.259. The van der Waals surface area contributed by atoms with Crippen LogP contribution in [0.1, 0.15) is 39.2 Å². The number of likely N-dealkylation sites (tertiary alicyclic amines) is 1. The van der Waals surface area contributed by atoms with Gasteiger partial charge in [0.2, 0.25) is 11.9 Å². The lowest BCUT2D eigenvalue weighted by molar-refractivity contribution is -0.127. The van der Waals surface area contributed by atoms with Crippen LogP contribution in [0.15, 0.2) is 6.33 Å². The first kappa shape index (κ1) is 21.8. The second kappa shape index (κ2) is 10.2. The molecule has 2 aromatic heterocycles. The van der Waals surface area contributed by atoms with Gasteiger partial charge in [0.25, 0.3) is 0 Å². The second-order valence-electron chi connectivity index (χ2n) is 8.46. The third-order valence-electron chi connectivity index (χ3n) is 5.86. The maximum absolute atomic E-state index is 11.8. The number of ether oxygens (including phenoxy) is 1. The zero-order valence-corrected chi connectivity index (χ0v) is 18.6. The van der Waals surface area contributed by atoms with Gasteiger partial charge in [-0.2, -0.15) is 9.97 Å². The molecule has 1 amide bonds. The Hall–Kier alpha value is -2.46. The minimum Gasteiger partial charge on any atom is -0.379 e. The van der Waals surface area contributed by atoms with Crippen molar-refractivity contribution in [3.8, 4) is 0 Å².